The van der Waals surface area contributed by atoms with Gasteiger partial charge in [0.2, 0.25) is 0 Å². The number of nitrogens with one attached hydrogen (secondary N) is 1. The fourth-order valence-electron chi connectivity index (χ4n) is 1.18. The van der Waals surface area contributed by atoms with Gasteiger partial charge in [-0.15, -0.1) is 0 Å². The van der Waals surface area contributed by atoms with E-state index in [4.69, 9.17) is 10.2 Å². The molecule has 1 unspecified atom stereocenters. The molecule has 1 amide bonds. The molecule has 1 atom stereocenters. The Morgan fingerprint density at radius 2 is 1.93 bits per heavy atom. The van der Waals surface area contributed by atoms with E-state index in [-0.39, 0.29) is 0 Å². The van der Waals surface area contributed by atoms with Crippen molar-refractivity contribution >= 4 is 6.09 Å². The molecule has 0 fully saturated rings. The van der Waals surface area contributed by atoms with Crippen LogP contribution in [0.1, 0.15) is 11.6 Å². The Kier molecular flexibility index (Phi) is 4.08. The molecule has 0 radical (unpaired) electrons. The van der Waals surface area contributed by atoms with E-state index in [0.29, 0.717) is 5.56 Å². The van der Waals surface area contributed by atoms with Crippen molar-refractivity contribution in [2.24, 2.45) is 0 Å². The van der Waals surface area contributed by atoms with E-state index in [0.717, 1.165) is 0 Å². The summed E-state index contributed by atoms with van der Waals surface area (Å²) >= 11 is 0. The number of hydrogen-bond donors (Lipinski definition) is 3. The lowest BCUT2D eigenvalue weighted by atomic mass is 10.1. The Morgan fingerprint density at radius 1 is 1.33 bits per heavy atom. The number of aliphatic hydroxyl groups excluding tert-OH is 1. The van der Waals surface area contributed by atoms with E-state index in [1.54, 1.807) is 30.3 Å². The third-order valence-electron chi connectivity index (χ3n) is 1.92. The monoisotopic (exact) mass is 211 g/mol. The van der Waals surface area contributed by atoms with E-state index in [9.17, 15) is 4.79 Å². The topological polar surface area (TPSA) is 78.8 Å². The molecule has 5 heteroatoms. The van der Waals surface area contributed by atoms with Gasteiger partial charge < -0.3 is 20.3 Å². The Balaban J connectivity index is 2.79. The van der Waals surface area contributed by atoms with Crippen LogP contribution in [0.15, 0.2) is 30.3 Å². The molecule has 82 valence electrons. The van der Waals surface area contributed by atoms with Gasteiger partial charge >= 0.3 is 6.09 Å². The van der Waals surface area contributed by atoms with Crippen LogP contribution in [0.25, 0.3) is 0 Å². The summed E-state index contributed by atoms with van der Waals surface area (Å²) in [5.41, 5.74) is 0.595. The van der Waals surface area contributed by atoms with Crippen molar-refractivity contribution in [2.45, 2.75) is 12.3 Å². The second-order valence-electron chi connectivity index (χ2n) is 2.94. The molecule has 0 aromatic heterocycles. The highest BCUT2D eigenvalue weighted by atomic mass is 16.5. The first-order valence-corrected chi connectivity index (χ1v) is 4.40. The standard InChI is InChI=1S/C10H13NO4/c1-15-10(14)11-8(9(12)13)7-5-3-2-4-6-7/h2-6,8-9,12-13H,1H3,(H,11,14). The first-order valence-electron chi connectivity index (χ1n) is 4.40. The Hall–Kier alpha value is -1.59. The highest BCUT2D eigenvalue weighted by molar-refractivity contribution is 5.67. The van der Waals surface area contributed by atoms with E-state index >= 15 is 0 Å². The molecule has 0 aliphatic rings. The number of hydrogen-bond acceptors (Lipinski definition) is 4. The smallest absolute Gasteiger partial charge is 0.407 e. The molecular weight excluding hydrogens is 198 g/mol. The minimum absolute atomic E-state index is 0.595. The molecule has 0 saturated heterocycles. The molecule has 3 N–H and O–H groups in total. The van der Waals surface area contributed by atoms with Gasteiger partial charge in [0.25, 0.3) is 0 Å². The Morgan fingerprint density at radius 3 is 2.40 bits per heavy atom. The molecule has 0 saturated carbocycles. The molecule has 0 aliphatic carbocycles. The van der Waals surface area contributed by atoms with Gasteiger partial charge in [-0.3, -0.25) is 0 Å². The molecule has 1 aromatic rings. The lowest BCUT2D eigenvalue weighted by Crippen LogP contribution is -2.36. The highest BCUT2D eigenvalue weighted by Gasteiger charge is 2.20. The number of aliphatic hydroxyl groups is 2. The van der Waals surface area contributed by atoms with Crippen molar-refractivity contribution in [3.05, 3.63) is 35.9 Å². The maximum Gasteiger partial charge on any atom is 0.407 e. The number of amides is 1. The average molecular weight is 211 g/mol. The van der Waals surface area contributed by atoms with Crippen molar-refractivity contribution in [1.82, 2.24) is 5.32 Å². The fourth-order valence-corrected chi connectivity index (χ4v) is 1.18. The second-order valence-corrected chi connectivity index (χ2v) is 2.94. The fraction of sp³-hybridized carbons (Fsp3) is 0.300. The number of alkyl carbamates (subject to hydrolysis) is 1. The summed E-state index contributed by atoms with van der Waals surface area (Å²) in [5, 5.41) is 20.5. The molecule has 0 heterocycles. The number of carbonyl (C=O) groups is 1. The van der Waals surface area contributed by atoms with Crippen molar-refractivity contribution in [3.8, 4) is 0 Å². The van der Waals surface area contributed by atoms with Crippen molar-refractivity contribution in [3.63, 3.8) is 0 Å². The summed E-state index contributed by atoms with van der Waals surface area (Å²) in [6.45, 7) is 0. The SMILES string of the molecule is COC(=O)NC(c1ccccc1)C(O)O. The van der Waals surface area contributed by atoms with Gasteiger partial charge in [0.05, 0.1) is 7.11 Å². The van der Waals surface area contributed by atoms with Crippen molar-refractivity contribution in [1.29, 1.82) is 0 Å². The highest BCUT2D eigenvalue weighted by Crippen LogP contribution is 2.15. The first kappa shape index (κ1) is 11.5. The Bertz CT molecular complexity index is 312. The van der Waals surface area contributed by atoms with E-state index < -0.39 is 18.4 Å². The van der Waals surface area contributed by atoms with Crippen LogP contribution >= 0.6 is 0 Å². The average Bonchev–Trinajstić information content (AvgIpc) is 2.26. The van der Waals surface area contributed by atoms with Gasteiger partial charge in [0.1, 0.15) is 6.04 Å². The van der Waals surface area contributed by atoms with E-state index in [1.807, 2.05) is 0 Å². The van der Waals surface area contributed by atoms with Crippen LogP contribution < -0.4 is 5.32 Å². The lowest BCUT2D eigenvalue weighted by molar-refractivity contribution is -0.0668. The van der Waals surface area contributed by atoms with Crippen LogP contribution in [0.2, 0.25) is 0 Å². The molecule has 1 rings (SSSR count). The van der Waals surface area contributed by atoms with Gasteiger partial charge in [-0.05, 0) is 5.56 Å². The molecule has 1 aromatic carbocycles. The largest absolute Gasteiger partial charge is 0.453 e. The minimum atomic E-state index is -1.67. The summed E-state index contributed by atoms with van der Waals surface area (Å²) in [6, 6.07) is 7.74. The third-order valence-corrected chi connectivity index (χ3v) is 1.92. The summed E-state index contributed by atoms with van der Waals surface area (Å²) < 4.78 is 4.38. The van der Waals surface area contributed by atoms with Crippen molar-refractivity contribution < 1.29 is 19.7 Å². The summed E-state index contributed by atoms with van der Waals surface area (Å²) in [5.74, 6) is 0. The molecule has 0 bridgehead atoms. The lowest BCUT2D eigenvalue weighted by Gasteiger charge is -2.19. The van der Waals surface area contributed by atoms with Crippen LogP contribution in [0.3, 0.4) is 0 Å². The zero-order chi connectivity index (χ0) is 11.3. The van der Waals surface area contributed by atoms with E-state index in [2.05, 4.69) is 10.1 Å². The van der Waals surface area contributed by atoms with Crippen molar-refractivity contribution in [2.75, 3.05) is 7.11 Å². The number of ether oxygens (including phenoxy) is 1. The maximum atomic E-state index is 10.9. The molecule has 0 aliphatic heterocycles. The summed E-state index contributed by atoms with van der Waals surface area (Å²) in [6.07, 6.45) is -2.39. The van der Waals surface area contributed by atoms with Gasteiger partial charge in [0.15, 0.2) is 6.29 Å². The number of rotatable bonds is 3. The van der Waals surface area contributed by atoms with Gasteiger partial charge in [-0.1, -0.05) is 30.3 Å². The molecule has 5 nitrogen and oxygen atoms in total. The molecular formula is C10H13NO4. The van der Waals surface area contributed by atoms with Crippen LogP contribution in [0.4, 0.5) is 4.79 Å². The predicted octanol–water partition coefficient (Wildman–Crippen LogP) is 0.394. The van der Waals surface area contributed by atoms with Gasteiger partial charge in [0, 0.05) is 0 Å². The maximum absolute atomic E-state index is 10.9. The van der Waals surface area contributed by atoms with Gasteiger partial charge in [-0.25, -0.2) is 4.79 Å². The van der Waals surface area contributed by atoms with Gasteiger partial charge in [-0.2, -0.15) is 0 Å². The minimum Gasteiger partial charge on any atom is -0.453 e. The number of carbonyl (C=O) groups excluding carboxylic acids is 1. The second kappa shape index (κ2) is 5.33. The normalized spacial score (nSPS) is 12.3. The number of benzene rings is 1. The van der Waals surface area contributed by atoms with Crippen LogP contribution in [-0.2, 0) is 4.74 Å². The number of methoxy groups -OCH3 is 1. The first-order chi connectivity index (χ1) is 7.15. The quantitative estimate of drug-likeness (QED) is 0.632. The molecule has 15 heavy (non-hydrogen) atoms. The molecule has 0 spiro atoms. The zero-order valence-corrected chi connectivity index (χ0v) is 8.25. The summed E-state index contributed by atoms with van der Waals surface area (Å²) in [7, 11) is 1.21. The van der Waals surface area contributed by atoms with Crippen LogP contribution in [0.5, 0.6) is 0 Å². The van der Waals surface area contributed by atoms with Crippen LogP contribution in [0, 0.1) is 0 Å². The van der Waals surface area contributed by atoms with E-state index in [1.165, 1.54) is 7.11 Å². The predicted molar refractivity (Wildman–Crippen MR) is 52.9 cm³/mol. The summed E-state index contributed by atoms with van der Waals surface area (Å²) in [4.78, 5) is 10.9. The Labute approximate surface area is 87.3 Å². The third kappa shape index (κ3) is 3.23. The van der Waals surface area contributed by atoms with Crippen LogP contribution in [-0.4, -0.2) is 29.7 Å². The zero-order valence-electron chi connectivity index (χ0n) is 8.25.